The standard InChI is InChI=1S/C16H21BrF2N2O4S/c1-16(2,23)15(22)21-7-6-12(20-26(24,25)9-18)13(21)8-10-4-3-5-11(17)14(10)19/h3-5,12-13,20,23H,6-9H2,1-2H3/t12-,13-/m0/s1. The maximum Gasteiger partial charge on any atom is 0.254 e. The largest absolute Gasteiger partial charge is 0.381 e. The Balaban J connectivity index is 2.36. The average molecular weight is 455 g/mol. The molecule has 2 rings (SSSR count). The lowest BCUT2D eigenvalue weighted by atomic mass is 9.99. The monoisotopic (exact) mass is 454 g/mol. The molecule has 0 unspecified atom stereocenters. The van der Waals surface area contributed by atoms with Gasteiger partial charge < -0.3 is 10.0 Å². The summed E-state index contributed by atoms with van der Waals surface area (Å²) in [5, 5.41) is 10.0. The fourth-order valence-corrected chi connectivity index (χ4v) is 4.25. The highest BCUT2D eigenvalue weighted by molar-refractivity contribution is 9.10. The summed E-state index contributed by atoms with van der Waals surface area (Å²) < 4.78 is 52.8. The molecule has 0 bridgehead atoms. The predicted molar refractivity (Wildman–Crippen MR) is 96.0 cm³/mol. The highest BCUT2D eigenvalue weighted by Gasteiger charge is 2.43. The van der Waals surface area contributed by atoms with Crippen LogP contribution in [0.4, 0.5) is 8.78 Å². The molecule has 10 heteroatoms. The van der Waals surface area contributed by atoms with E-state index in [4.69, 9.17) is 0 Å². The van der Waals surface area contributed by atoms with E-state index in [-0.39, 0.29) is 29.4 Å². The van der Waals surface area contributed by atoms with Crippen molar-refractivity contribution < 1.29 is 27.1 Å². The van der Waals surface area contributed by atoms with Crippen LogP contribution in [0.15, 0.2) is 22.7 Å². The minimum absolute atomic E-state index is 0.0204. The number of hydrogen-bond acceptors (Lipinski definition) is 4. The van der Waals surface area contributed by atoms with Gasteiger partial charge in [-0.05, 0) is 54.2 Å². The maximum absolute atomic E-state index is 14.3. The van der Waals surface area contributed by atoms with E-state index >= 15 is 0 Å². The highest BCUT2D eigenvalue weighted by atomic mass is 79.9. The van der Waals surface area contributed by atoms with Gasteiger partial charge in [-0.25, -0.2) is 21.9 Å². The lowest BCUT2D eigenvalue weighted by molar-refractivity contribution is -0.148. The fraction of sp³-hybridized carbons (Fsp3) is 0.562. The van der Waals surface area contributed by atoms with Gasteiger partial charge in [0.2, 0.25) is 16.0 Å². The minimum Gasteiger partial charge on any atom is -0.381 e. The SMILES string of the molecule is CC(C)(O)C(=O)N1CC[C@H](NS(=O)(=O)CF)[C@@H]1Cc1cccc(Br)c1F. The first-order valence-corrected chi connectivity index (χ1v) is 10.4. The van der Waals surface area contributed by atoms with Gasteiger partial charge in [0, 0.05) is 12.6 Å². The number of aliphatic hydroxyl groups is 1. The Morgan fingerprint density at radius 2 is 2.12 bits per heavy atom. The number of amides is 1. The first-order chi connectivity index (χ1) is 12.0. The average Bonchev–Trinajstić information content (AvgIpc) is 2.92. The normalized spacial score (nSPS) is 21.2. The second-order valence-corrected chi connectivity index (χ2v) is 9.32. The Hall–Kier alpha value is -1.10. The van der Waals surface area contributed by atoms with Crippen LogP contribution in [0.5, 0.6) is 0 Å². The summed E-state index contributed by atoms with van der Waals surface area (Å²) in [5.41, 5.74) is -1.38. The lowest BCUT2D eigenvalue weighted by Crippen LogP contribution is -2.52. The van der Waals surface area contributed by atoms with Gasteiger partial charge in [-0.15, -0.1) is 0 Å². The van der Waals surface area contributed by atoms with Crippen LogP contribution in [0.1, 0.15) is 25.8 Å². The van der Waals surface area contributed by atoms with Crippen molar-refractivity contribution >= 4 is 31.9 Å². The van der Waals surface area contributed by atoms with Gasteiger partial charge in [-0.1, -0.05) is 12.1 Å². The number of likely N-dealkylation sites (tertiary alicyclic amines) is 1. The summed E-state index contributed by atoms with van der Waals surface area (Å²) in [7, 11) is -4.15. The number of nitrogens with one attached hydrogen (secondary N) is 1. The Morgan fingerprint density at radius 1 is 1.46 bits per heavy atom. The molecule has 0 aromatic heterocycles. The molecule has 26 heavy (non-hydrogen) atoms. The first-order valence-electron chi connectivity index (χ1n) is 7.98. The molecule has 0 radical (unpaired) electrons. The van der Waals surface area contributed by atoms with Crippen molar-refractivity contribution in [2.24, 2.45) is 0 Å². The molecule has 1 aromatic carbocycles. The third kappa shape index (κ3) is 4.79. The molecule has 2 N–H and O–H groups in total. The molecule has 0 aliphatic carbocycles. The summed E-state index contributed by atoms with van der Waals surface area (Å²) >= 11 is 3.09. The van der Waals surface area contributed by atoms with Crippen LogP contribution < -0.4 is 4.72 Å². The summed E-state index contributed by atoms with van der Waals surface area (Å²) in [6, 6.07) is 1.57. The lowest BCUT2D eigenvalue weighted by Gasteiger charge is -2.32. The van der Waals surface area contributed by atoms with Gasteiger partial charge in [0.1, 0.15) is 11.4 Å². The molecule has 1 saturated heterocycles. The van der Waals surface area contributed by atoms with Crippen molar-refractivity contribution in [3.8, 4) is 0 Å². The van der Waals surface area contributed by atoms with Crippen LogP contribution in [0.2, 0.25) is 0 Å². The fourth-order valence-electron chi connectivity index (χ4n) is 3.04. The van der Waals surface area contributed by atoms with Crippen molar-refractivity contribution in [2.75, 3.05) is 12.6 Å². The Labute approximate surface area is 159 Å². The van der Waals surface area contributed by atoms with Gasteiger partial charge in [-0.2, -0.15) is 0 Å². The zero-order chi connectivity index (χ0) is 19.7. The summed E-state index contributed by atoms with van der Waals surface area (Å²) in [5.74, 6) is -1.11. The van der Waals surface area contributed by atoms with Crippen LogP contribution >= 0.6 is 15.9 Å². The van der Waals surface area contributed by atoms with E-state index in [1.165, 1.54) is 30.9 Å². The van der Waals surface area contributed by atoms with Crippen LogP contribution in [0.25, 0.3) is 0 Å². The van der Waals surface area contributed by atoms with Crippen LogP contribution in [-0.2, 0) is 21.2 Å². The van der Waals surface area contributed by atoms with Gasteiger partial charge >= 0.3 is 0 Å². The number of alkyl halides is 1. The third-order valence-electron chi connectivity index (χ3n) is 4.27. The van der Waals surface area contributed by atoms with Crippen LogP contribution in [-0.4, -0.2) is 54.6 Å². The van der Waals surface area contributed by atoms with E-state index < -0.39 is 45.4 Å². The van der Waals surface area contributed by atoms with E-state index in [1.807, 2.05) is 0 Å². The first kappa shape index (κ1) is 21.2. The number of carbonyl (C=O) groups excluding carboxylic acids is 1. The van der Waals surface area contributed by atoms with Gasteiger partial charge in [-0.3, -0.25) is 4.79 Å². The molecule has 1 heterocycles. The molecule has 2 atom stereocenters. The van der Waals surface area contributed by atoms with E-state index in [0.29, 0.717) is 0 Å². The number of rotatable bonds is 6. The number of hydrogen-bond donors (Lipinski definition) is 2. The summed E-state index contributed by atoms with van der Waals surface area (Å²) in [6.45, 7) is 2.82. The minimum atomic E-state index is -4.15. The van der Waals surface area contributed by atoms with Crippen molar-refractivity contribution in [2.45, 2.75) is 44.4 Å². The Morgan fingerprint density at radius 3 is 2.69 bits per heavy atom. The van der Waals surface area contributed by atoms with E-state index in [2.05, 4.69) is 20.7 Å². The number of halogens is 3. The number of carbonyl (C=O) groups is 1. The number of nitrogens with zero attached hydrogens (tertiary/aromatic N) is 1. The van der Waals surface area contributed by atoms with E-state index in [1.54, 1.807) is 6.07 Å². The highest BCUT2D eigenvalue weighted by Crippen LogP contribution is 2.28. The smallest absolute Gasteiger partial charge is 0.254 e. The molecule has 146 valence electrons. The quantitative estimate of drug-likeness (QED) is 0.684. The van der Waals surface area contributed by atoms with Crippen molar-refractivity contribution in [1.29, 1.82) is 0 Å². The molecule has 1 fully saturated rings. The summed E-state index contributed by atoms with van der Waals surface area (Å²) in [6.07, 6.45) is 0.258. The van der Waals surface area contributed by atoms with Crippen LogP contribution in [0.3, 0.4) is 0 Å². The van der Waals surface area contributed by atoms with Crippen molar-refractivity contribution in [3.63, 3.8) is 0 Å². The number of sulfonamides is 1. The summed E-state index contributed by atoms with van der Waals surface area (Å²) in [4.78, 5) is 13.8. The molecule has 0 saturated carbocycles. The van der Waals surface area contributed by atoms with Gasteiger partial charge in [0.05, 0.1) is 10.5 Å². The zero-order valence-corrected chi connectivity index (χ0v) is 16.8. The topological polar surface area (TPSA) is 86.7 Å². The van der Waals surface area contributed by atoms with Crippen molar-refractivity contribution in [1.82, 2.24) is 9.62 Å². The van der Waals surface area contributed by atoms with Gasteiger partial charge in [0.25, 0.3) is 5.91 Å². The molecule has 1 aliphatic heterocycles. The maximum atomic E-state index is 14.3. The zero-order valence-electron chi connectivity index (χ0n) is 14.4. The molecular formula is C16H21BrF2N2O4S. The molecule has 1 aromatic rings. The van der Waals surface area contributed by atoms with E-state index in [0.717, 1.165) is 0 Å². The second-order valence-electron chi connectivity index (χ2n) is 6.78. The van der Waals surface area contributed by atoms with E-state index in [9.17, 15) is 27.1 Å². The molecule has 0 spiro atoms. The predicted octanol–water partition coefficient (Wildman–Crippen LogP) is 1.72. The number of benzene rings is 1. The van der Waals surface area contributed by atoms with Crippen LogP contribution in [0, 0.1) is 5.82 Å². The third-order valence-corrected chi connectivity index (χ3v) is 5.83. The van der Waals surface area contributed by atoms with Crippen molar-refractivity contribution in [3.05, 3.63) is 34.1 Å². The second kappa shape index (κ2) is 7.87. The Bertz CT molecular complexity index is 783. The molecular weight excluding hydrogens is 434 g/mol. The molecule has 1 aliphatic rings. The molecule has 6 nitrogen and oxygen atoms in total. The Kier molecular flexibility index (Phi) is 6.42. The molecule has 1 amide bonds. The van der Waals surface area contributed by atoms with Gasteiger partial charge in [0.15, 0.2) is 0 Å².